The van der Waals surface area contributed by atoms with E-state index in [9.17, 15) is 22.8 Å². The molecule has 3 amide bonds. The van der Waals surface area contributed by atoms with Gasteiger partial charge in [-0.1, -0.05) is 0 Å². The molecule has 0 bridgehead atoms. The third kappa shape index (κ3) is 5.27. The number of rotatable bonds is 8. The molecule has 1 aliphatic heterocycles. The molecule has 10 heteroatoms. The molecule has 2 fully saturated rings. The van der Waals surface area contributed by atoms with E-state index >= 15 is 0 Å². The van der Waals surface area contributed by atoms with E-state index in [1.807, 2.05) is 0 Å². The maximum atomic E-state index is 12.3. The normalized spacial score (nSPS) is 17.0. The second-order valence-electron chi connectivity index (χ2n) is 6.59. The average Bonchev–Trinajstić information content (AvgIpc) is 3.36. The molecule has 1 aliphatic carbocycles. The lowest BCUT2D eigenvalue weighted by Crippen LogP contribution is -2.42. The van der Waals surface area contributed by atoms with Gasteiger partial charge in [-0.15, -0.1) is 0 Å². The van der Waals surface area contributed by atoms with E-state index < -0.39 is 22.5 Å². The molecule has 27 heavy (non-hydrogen) atoms. The highest BCUT2D eigenvalue weighted by molar-refractivity contribution is 7.89. The van der Waals surface area contributed by atoms with Crippen LogP contribution < -0.4 is 20.3 Å². The van der Waals surface area contributed by atoms with Crippen LogP contribution in [-0.4, -0.2) is 51.8 Å². The van der Waals surface area contributed by atoms with Crippen molar-refractivity contribution in [3.8, 4) is 0 Å². The number of carbonyl (C=O) groups is 3. The Morgan fingerprint density at radius 2 is 1.78 bits per heavy atom. The zero-order valence-electron chi connectivity index (χ0n) is 14.7. The summed E-state index contributed by atoms with van der Waals surface area (Å²) in [6.07, 6.45) is 3.18. The van der Waals surface area contributed by atoms with Gasteiger partial charge in [0.2, 0.25) is 27.7 Å². The highest BCUT2D eigenvalue weighted by Gasteiger charge is 2.24. The van der Waals surface area contributed by atoms with E-state index in [4.69, 9.17) is 0 Å². The molecule has 9 nitrogen and oxygen atoms in total. The second-order valence-corrected chi connectivity index (χ2v) is 8.35. The van der Waals surface area contributed by atoms with Crippen LogP contribution >= 0.6 is 0 Å². The zero-order valence-corrected chi connectivity index (χ0v) is 15.5. The summed E-state index contributed by atoms with van der Waals surface area (Å²) in [7, 11) is -3.87. The topological polar surface area (TPSA) is 125 Å². The van der Waals surface area contributed by atoms with Crippen LogP contribution in [0.1, 0.15) is 25.7 Å². The first-order valence-corrected chi connectivity index (χ1v) is 10.3. The predicted octanol–water partition coefficient (Wildman–Crippen LogP) is -0.513. The van der Waals surface area contributed by atoms with Gasteiger partial charge in [0.1, 0.15) is 0 Å². The largest absolute Gasteiger partial charge is 0.352 e. The Kier molecular flexibility index (Phi) is 5.76. The second kappa shape index (κ2) is 8.05. The smallest absolute Gasteiger partial charge is 0.241 e. The summed E-state index contributed by atoms with van der Waals surface area (Å²) in [4.78, 5) is 36.6. The van der Waals surface area contributed by atoms with Gasteiger partial charge in [-0.3, -0.25) is 14.4 Å². The van der Waals surface area contributed by atoms with Crippen LogP contribution in [0.25, 0.3) is 0 Å². The maximum absolute atomic E-state index is 12.3. The Labute approximate surface area is 157 Å². The molecule has 3 rings (SSSR count). The van der Waals surface area contributed by atoms with Crippen molar-refractivity contribution in [2.24, 2.45) is 0 Å². The van der Waals surface area contributed by atoms with Crippen molar-refractivity contribution < 1.29 is 22.8 Å². The summed E-state index contributed by atoms with van der Waals surface area (Å²) in [5.41, 5.74) is 0.649. The van der Waals surface area contributed by atoms with E-state index in [0.29, 0.717) is 18.7 Å². The Bertz CT molecular complexity index is 833. The number of hydrogen-bond donors (Lipinski definition) is 3. The first-order chi connectivity index (χ1) is 12.8. The van der Waals surface area contributed by atoms with Crippen molar-refractivity contribution in [2.45, 2.75) is 36.6 Å². The van der Waals surface area contributed by atoms with Crippen LogP contribution in [-0.2, 0) is 24.4 Å². The summed E-state index contributed by atoms with van der Waals surface area (Å²) in [5.74, 6) is -0.865. The van der Waals surface area contributed by atoms with Crippen molar-refractivity contribution in [1.29, 1.82) is 0 Å². The van der Waals surface area contributed by atoms with Crippen LogP contribution in [0.15, 0.2) is 29.2 Å². The van der Waals surface area contributed by atoms with Crippen LogP contribution in [0.4, 0.5) is 5.69 Å². The van der Waals surface area contributed by atoms with Gasteiger partial charge in [0, 0.05) is 24.7 Å². The van der Waals surface area contributed by atoms with Crippen LogP contribution in [0.2, 0.25) is 0 Å². The minimum Gasteiger partial charge on any atom is -0.352 e. The fourth-order valence-corrected chi connectivity index (χ4v) is 3.70. The van der Waals surface area contributed by atoms with E-state index in [1.54, 1.807) is 17.0 Å². The third-order valence-electron chi connectivity index (χ3n) is 4.34. The molecule has 1 saturated carbocycles. The lowest BCUT2D eigenvalue weighted by atomic mass is 10.3. The van der Waals surface area contributed by atoms with E-state index in [-0.39, 0.29) is 29.3 Å². The van der Waals surface area contributed by atoms with Crippen molar-refractivity contribution in [1.82, 2.24) is 15.4 Å². The molecule has 0 radical (unpaired) electrons. The standard InChI is InChI=1S/C17H22N4O5S/c22-15(18-10-16(23)20-12-3-4-12)11-19-27(25,26)14-7-5-13(6-8-14)21-9-1-2-17(21)24/h5-8,12,19H,1-4,9-11H2,(H,18,22)(H,20,23). The minimum atomic E-state index is -3.87. The Balaban J connectivity index is 1.49. The number of benzene rings is 1. The third-order valence-corrected chi connectivity index (χ3v) is 5.76. The minimum absolute atomic E-state index is 0.00262. The summed E-state index contributed by atoms with van der Waals surface area (Å²) < 4.78 is 26.7. The first kappa shape index (κ1) is 19.3. The first-order valence-electron chi connectivity index (χ1n) is 8.81. The molecule has 0 spiro atoms. The molecule has 0 aromatic heterocycles. The number of anilines is 1. The van der Waals surface area contributed by atoms with Gasteiger partial charge >= 0.3 is 0 Å². The quantitative estimate of drug-likeness (QED) is 0.548. The van der Waals surface area contributed by atoms with Crippen molar-refractivity contribution in [2.75, 3.05) is 24.5 Å². The number of carbonyl (C=O) groups excluding carboxylic acids is 3. The van der Waals surface area contributed by atoms with Crippen LogP contribution in [0, 0.1) is 0 Å². The highest BCUT2D eigenvalue weighted by atomic mass is 32.2. The molecule has 1 aromatic rings. The number of nitrogens with one attached hydrogen (secondary N) is 3. The lowest BCUT2D eigenvalue weighted by Gasteiger charge is -2.16. The zero-order chi connectivity index (χ0) is 19.4. The van der Waals surface area contributed by atoms with Crippen molar-refractivity contribution in [3.05, 3.63) is 24.3 Å². The Morgan fingerprint density at radius 3 is 2.37 bits per heavy atom. The van der Waals surface area contributed by atoms with Crippen LogP contribution in [0.3, 0.4) is 0 Å². The molecule has 2 aliphatic rings. The van der Waals surface area contributed by atoms with Gasteiger partial charge in [-0.25, -0.2) is 13.1 Å². The predicted molar refractivity (Wildman–Crippen MR) is 97.4 cm³/mol. The summed E-state index contributed by atoms with van der Waals surface area (Å²) in [6, 6.07) is 6.13. The molecule has 3 N–H and O–H groups in total. The van der Waals surface area contributed by atoms with E-state index in [1.165, 1.54) is 12.1 Å². The van der Waals surface area contributed by atoms with Gasteiger partial charge < -0.3 is 15.5 Å². The molecule has 146 valence electrons. The van der Waals surface area contributed by atoms with Gasteiger partial charge in [0.15, 0.2) is 0 Å². The van der Waals surface area contributed by atoms with E-state index in [0.717, 1.165) is 19.3 Å². The molecule has 1 saturated heterocycles. The van der Waals surface area contributed by atoms with Gasteiger partial charge in [-0.2, -0.15) is 0 Å². The fraction of sp³-hybridized carbons (Fsp3) is 0.471. The average molecular weight is 394 g/mol. The molecular formula is C17H22N4O5S. The van der Waals surface area contributed by atoms with Crippen LogP contribution in [0.5, 0.6) is 0 Å². The summed E-state index contributed by atoms with van der Waals surface area (Å²) in [6.45, 7) is -0.0291. The fourth-order valence-electron chi connectivity index (χ4n) is 2.72. The van der Waals surface area contributed by atoms with Crippen molar-refractivity contribution >= 4 is 33.4 Å². The summed E-state index contributed by atoms with van der Waals surface area (Å²) in [5, 5.41) is 5.09. The molecule has 1 heterocycles. The maximum Gasteiger partial charge on any atom is 0.241 e. The number of sulfonamides is 1. The Hall–Kier alpha value is -2.46. The number of amides is 3. The molecular weight excluding hydrogens is 372 g/mol. The van der Waals surface area contributed by atoms with Gasteiger partial charge in [-0.05, 0) is 43.5 Å². The highest BCUT2D eigenvalue weighted by Crippen LogP contribution is 2.22. The molecule has 0 atom stereocenters. The van der Waals surface area contributed by atoms with Crippen molar-refractivity contribution in [3.63, 3.8) is 0 Å². The monoisotopic (exact) mass is 394 g/mol. The molecule has 0 unspecified atom stereocenters. The molecule has 1 aromatic carbocycles. The van der Waals surface area contributed by atoms with Gasteiger partial charge in [0.25, 0.3) is 0 Å². The number of hydrogen-bond acceptors (Lipinski definition) is 5. The Morgan fingerprint density at radius 1 is 1.07 bits per heavy atom. The SMILES string of the molecule is O=C(CNS(=O)(=O)c1ccc(N2CCCC2=O)cc1)NCC(=O)NC1CC1. The lowest BCUT2D eigenvalue weighted by molar-refractivity contribution is -0.125. The van der Waals surface area contributed by atoms with Gasteiger partial charge in [0.05, 0.1) is 18.0 Å². The number of nitrogens with zero attached hydrogens (tertiary/aromatic N) is 1. The van der Waals surface area contributed by atoms with E-state index in [2.05, 4.69) is 15.4 Å². The summed E-state index contributed by atoms with van der Waals surface area (Å²) >= 11 is 0.